The number of aromatic nitrogens is 1. The van der Waals surface area contributed by atoms with Gasteiger partial charge in [0.25, 0.3) is 5.91 Å². The van der Waals surface area contributed by atoms with Gasteiger partial charge in [0.05, 0.1) is 19.7 Å². The van der Waals surface area contributed by atoms with Crippen molar-refractivity contribution >= 4 is 28.4 Å². The lowest BCUT2D eigenvalue weighted by Gasteiger charge is -2.12. The van der Waals surface area contributed by atoms with Crippen molar-refractivity contribution < 1.29 is 14.3 Å². The summed E-state index contributed by atoms with van der Waals surface area (Å²) < 4.78 is 12.4. The lowest BCUT2D eigenvalue weighted by Crippen LogP contribution is -2.31. The Kier molecular flexibility index (Phi) is 6.44. The second-order valence-electron chi connectivity index (χ2n) is 6.51. The van der Waals surface area contributed by atoms with Gasteiger partial charge in [0.15, 0.2) is 11.5 Å². The normalized spacial score (nSPS) is 10.8. The van der Waals surface area contributed by atoms with Gasteiger partial charge in [0, 0.05) is 29.7 Å². The quantitative estimate of drug-likeness (QED) is 0.640. The summed E-state index contributed by atoms with van der Waals surface area (Å²) in [4.78, 5) is 25.5. The highest BCUT2D eigenvalue weighted by Gasteiger charge is 2.15. The van der Waals surface area contributed by atoms with Crippen LogP contribution in [0.15, 0.2) is 47.4 Å². The first kappa shape index (κ1) is 20.7. The van der Waals surface area contributed by atoms with E-state index in [0.29, 0.717) is 41.4 Å². The van der Waals surface area contributed by atoms with E-state index >= 15 is 0 Å². The smallest absolute Gasteiger partial charge is 0.256 e. The number of methoxy groups -OCH3 is 2. The first-order valence-electron chi connectivity index (χ1n) is 9.30. The molecule has 0 saturated carbocycles. The number of fused-ring (bicyclic) bond motifs is 1. The molecule has 0 unspecified atom stereocenters. The number of carbonyl (C=O) groups is 1. The van der Waals surface area contributed by atoms with Gasteiger partial charge in [0.1, 0.15) is 5.56 Å². The monoisotopic (exact) mass is 414 g/mol. The predicted molar refractivity (Wildman–Crippen MR) is 114 cm³/mol. The van der Waals surface area contributed by atoms with Gasteiger partial charge >= 0.3 is 0 Å². The highest BCUT2D eigenvalue weighted by molar-refractivity contribution is 6.31. The van der Waals surface area contributed by atoms with Gasteiger partial charge in [-0.2, -0.15) is 0 Å². The van der Waals surface area contributed by atoms with Gasteiger partial charge in [0.2, 0.25) is 5.43 Å². The Bertz CT molecular complexity index is 1110. The van der Waals surface area contributed by atoms with Crippen LogP contribution in [0, 0.1) is 0 Å². The number of hydrogen-bond acceptors (Lipinski definition) is 4. The molecule has 0 saturated heterocycles. The minimum absolute atomic E-state index is 0.105. The summed E-state index contributed by atoms with van der Waals surface area (Å²) in [5.41, 5.74) is 1.52. The number of carbonyl (C=O) groups excluding carboxylic acids is 1. The lowest BCUT2D eigenvalue weighted by atomic mass is 10.1. The van der Waals surface area contributed by atoms with Crippen LogP contribution in [0.3, 0.4) is 0 Å². The average Bonchev–Trinajstić information content (AvgIpc) is 2.74. The number of benzene rings is 2. The van der Waals surface area contributed by atoms with Crippen molar-refractivity contribution in [1.29, 1.82) is 0 Å². The summed E-state index contributed by atoms with van der Waals surface area (Å²) in [5, 5.41) is 3.73. The third kappa shape index (κ3) is 4.38. The minimum Gasteiger partial charge on any atom is -0.493 e. The maximum atomic E-state index is 12.8. The molecule has 1 amide bonds. The Balaban J connectivity index is 1.78. The molecule has 1 N–H and O–H groups in total. The average molecular weight is 415 g/mol. The Hall–Kier alpha value is -2.99. The van der Waals surface area contributed by atoms with Crippen molar-refractivity contribution in [2.24, 2.45) is 0 Å². The molecular weight excluding hydrogens is 392 g/mol. The molecule has 0 atom stereocenters. The van der Waals surface area contributed by atoms with Gasteiger partial charge in [-0.3, -0.25) is 9.59 Å². The number of pyridine rings is 1. The summed E-state index contributed by atoms with van der Waals surface area (Å²) in [6.45, 7) is 2.97. The highest BCUT2D eigenvalue weighted by Crippen LogP contribution is 2.27. The molecule has 7 heteroatoms. The summed E-state index contributed by atoms with van der Waals surface area (Å²) in [7, 11) is 3.16. The molecule has 6 nitrogen and oxygen atoms in total. The second-order valence-corrected chi connectivity index (χ2v) is 6.95. The van der Waals surface area contributed by atoms with Crippen molar-refractivity contribution in [3.63, 3.8) is 0 Å². The molecule has 0 aliphatic rings. The van der Waals surface area contributed by atoms with Crippen LogP contribution in [0.4, 0.5) is 0 Å². The van der Waals surface area contributed by atoms with E-state index in [4.69, 9.17) is 21.1 Å². The van der Waals surface area contributed by atoms with Crippen molar-refractivity contribution in [2.45, 2.75) is 19.9 Å². The number of ether oxygens (including phenoxy) is 2. The predicted octanol–water partition coefficient (Wildman–Crippen LogP) is 3.66. The van der Waals surface area contributed by atoms with E-state index in [2.05, 4.69) is 5.32 Å². The lowest BCUT2D eigenvalue weighted by molar-refractivity contribution is 0.0952. The summed E-state index contributed by atoms with van der Waals surface area (Å²) in [6, 6.07) is 10.7. The summed E-state index contributed by atoms with van der Waals surface area (Å²) in [5.74, 6) is 0.878. The Labute approximate surface area is 174 Å². The van der Waals surface area contributed by atoms with Gasteiger partial charge in [-0.15, -0.1) is 0 Å². The molecule has 0 radical (unpaired) electrons. The fraction of sp³-hybridized carbons (Fsp3) is 0.273. The van der Waals surface area contributed by atoms with Crippen molar-refractivity contribution in [2.75, 3.05) is 20.8 Å². The van der Waals surface area contributed by atoms with E-state index in [1.165, 1.54) is 0 Å². The second kappa shape index (κ2) is 9.01. The highest BCUT2D eigenvalue weighted by atomic mass is 35.5. The Morgan fingerprint density at radius 1 is 1.10 bits per heavy atom. The molecule has 3 rings (SSSR count). The van der Waals surface area contributed by atoms with Gasteiger partial charge < -0.3 is 19.4 Å². The molecular formula is C22H23ClN2O4. The van der Waals surface area contributed by atoms with Crippen molar-refractivity contribution in [1.82, 2.24) is 9.88 Å². The van der Waals surface area contributed by atoms with Crippen LogP contribution in [0.1, 0.15) is 22.8 Å². The zero-order valence-electron chi connectivity index (χ0n) is 16.6. The zero-order valence-corrected chi connectivity index (χ0v) is 17.4. The number of halogens is 1. The molecule has 3 aromatic rings. The molecule has 0 fully saturated rings. The minimum atomic E-state index is -0.403. The van der Waals surface area contributed by atoms with Crippen LogP contribution in [-0.2, 0) is 13.0 Å². The van der Waals surface area contributed by atoms with E-state index in [-0.39, 0.29) is 11.0 Å². The number of nitrogens with zero attached hydrogens (tertiary/aromatic N) is 1. The Morgan fingerprint density at radius 2 is 1.86 bits per heavy atom. The van der Waals surface area contributed by atoms with Gasteiger partial charge in [-0.25, -0.2) is 0 Å². The molecule has 0 aliphatic heterocycles. The summed E-state index contributed by atoms with van der Waals surface area (Å²) in [6.07, 6.45) is 2.19. The number of hydrogen-bond donors (Lipinski definition) is 1. The van der Waals surface area contributed by atoms with E-state index in [9.17, 15) is 9.59 Å². The maximum Gasteiger partial charge on any atom is 0.256 e. The number of amides is 1. The zero-order chi connectivity index (χ0) is 21.0. The maximum absolute atomic E-state index is 12.8. The van der Waals surface area contributed by atoms with E-state index < -0.39 is 5.91 Å². The number of rotatable bonds is 7. The first-order chi connectivity index (χ1) is 14.0. The standard InChI is InChI=1S/C22H23ClN2O4/c1-4-25-13-17(21(26)16-12-15(23)6-7-18(16)25)22(27)24-10-9-14-5-8-19(28-2)20(11-14)29-3/h5-8,11-13H,4,9-10H2,1-3H3,(H,24,27). The molecule has 1 aromatic heterocycles. The third-order valence-corrected chi connectivity index (χ3v) is 5.01. The van der Waals surface area contributed by atoms with E-state index in [1.54, 1.807) is 38.6 Å². The number of aryl methyl sites for hydroxylation is 1. The van der Waals surface area contributed by atoms with Crippen molar-refractivity contribution in [3.05, 3.63) is 69.0 Å². The number of nitrogens with one attached hydrogen (secondary N) is 1. The largest absolute Gasteiger partial charge is 0.493 e. The first-order valence-corrected chi connectivity index (χ1v) is 9.68. The molecule has 1 heterocycles. The molecule has 0 spiro atoms. The van der Waals surface area contributed by atoms with Crippen LogP contribution in [0.2, 0.25) is 5.02 Å². The van der Waals surface area contributed by atoms with Crippen LogP contribution < -0.4 is 20.2 Å². The summed E-state index contributed by atoms with van der Waals surface area (Å²) >= 11 is 6.05. The van der Waals surface area contributed by atoms with Crippen LogP contribution in [-0.4, -0.2) is 31.2 Å². The van der Waals surface area contributed by atoms with Crippen LogP contribution in [0.25, 0.3) is 10.9 Å². The molecule has 29 heavy (non-hydrogen) atoms. The van der Waals surface area contributed by atoms with E-state index in [1.807, 2.05) is 29.7 Å². The fourth-order valence-corrected chi connectivity index (χ4v) is 3.42. The van der Waals surface area contributed by atoms with Gasteiger partial charge in [-0.1, -0.05) is 17.7 Å². The third-order valence-electron chi connectivity index (χ3n) is 4.77. The topological polar surface area (TPSA) is 69.6 Å². The van der Waals surface area contributed by atoms with Crippen LogP contribution >= 0.6 is 11.6 Å². The molecule has 0 bridgehead atoms. The fourth-order valence-electron chi connectivity index (χ4n) is 3.24. The van der Waals surface area contributed by atoms with E-state index in [0.717, 1.165) is 11.1 Å². The molecule has 0 aliphatic carbocycles. The van der Waals surface area contributed by atoms with Gasteiger partial charge in [-0.05, 0) is 49.2 Å². The van der Waals surface area contributed by atoms with Crippen molar-refractivity contribution in [3.8, 4) is 11.5 Å². The Morgan fingerprint density at radius 3 is 2.55 bits per heavy atom. The van der Waals surface area contributed by atoms with Crippen LogP contribution in [0.5, 0.6) is 11.5 Å². The SMILES string of the molecule is CCn1cc(C(=O)NCCc2ccc(OC)c(OC)c2)c(=O)c2cc(Cl)ccc21. The molecule has 152 valence electrons. The molecule has 2 aromatic carbocycles.